The third-order valence-corrected chi connectivity index (χ3v) is 11.5. The number of carbonyl (C=O) groups excluding carboxylic acids is 4. The second kappa shape index (κ2) is 23.2. The topological polar surface area (TPSA) is 287 Å². The number of aromatic nitrogens is 4. The van der Waals surface area contributed by atoms with E-state index < -0.39 is 26.8 Å². The molecule has 0 spiro atoms. The number of nitrogen functional groups attached to an aromatic ring is 2. The smallest absolute Gasteiger partial charge is 0.410 e. The standard InChI is InChI=1S/C22H29N5O4.C14H15N3O4S.C10H20N2O2/c1-22(2,3)31-21(29)27-11-7-8-14(13-27)25-20-24-12-16(19(23)26-20)18(28)15-9-5-6-10-17(15)30-4;1-3-22(19,20)14-16-8-10(13(15)17-14)12(18)9-6-4-5-7-11(9)21-2;1-10(2,3)14-9(13)12-6-4-5-8(11)7-12/h5-6,9-10,12,14H,7-8,11,13H2,1-4H3,(H3,23,24,25,26);4-8H,3H2,1-2H3,(H2,15,16,17);8H,4-7,11H2,1-3H3. The highest BCUT2D eigenvalue weighted by molar-refractivity contribution is 7.91. The van der Waals surface area contributed by atoms with Crippen LogP contribution in [0.25, 0.3) is 0 Å². The van der Waals surface area contributed by atoms with E-state index in [2.05, 4.69) is 25.3 Å². The third kappa shape index (κ3) is 15.5. The SMILES string of the molecule is CC(C)(C)OC(=O)N1CCCC(N)C1.CCS(=O)(=O)c1ncc(C(=O)c2ccccc2OC)c(N)n1.COc1ccccc1C(=O)c1cnc(NC2CCCN(C(=O)OC(C)(C)C)C2)nc1N. The van der Waals surface area contributed by atoms with Gasteiger partial charge in [0.15, 0.2) is 0 Å². The highest BCUT2D eigenvalue weighted by atomic mass is 32.2. The summed E-state index contributed by atoms with van der Waals surface area (Å²) in [6.07, 6.45) is 5.61. The van der Waals surface area contributed by atoms with Gasteiger partial charge in [0.25, 0.3) is 0 Å². The summed E-state index contributed by atoms with van der Waals surface area (Å²) in [4.78, 5) is 68.7. The summed E-state index contributed by atoms with van der Waals surface area (Å²) in [6, 6.07) is 13.6. The Bertz CT molecular complexity index is 2480. The van der Waals surface area contributed by atoms with Crippen molar-refractivity contribution in [2.45, 2.75) is 103 Å². The van der Waals surface area contributed by atoms with E-state index in [4.69, 9.17) is 36.1 Å². The number of likely N-dealkylation sites (tertiary alicyclic amines) is 2. The summed E-state index contributed by atoms with van der Waals surface area (Å²) >= 11 is 0. The number of piperidine rings is 2. The molecule has 0 bridgehead atoms. The lowest BCUT2D eigenvalue weighted by Gasteiger charge is -2.34. The van der Waals surface area contributed by atoms with Crippen LogP contribution in [0.4, 0.5) is 27.2 Å². The molecule has 21 heteroatoms. The molecule has 2 saturated heterocycles. The first kappa shape index (κ1) is 53.0. The van der Waals surface area contributed by atoms with E-state index in [1.165, 1.54) is 27.3 Å². The minimum atomic E-state index is -3.58. The molecule has 6 rings (SSSR count). The Kier molecular flexibility index (Phi) is 18.4. The van der Waals surface area contributed by atoms with Crippen molar-refractivity contribution in [3.05, 3.63) is 83.2 Å². The molecule has 364 valence electrons. The highest BCUT2D eigenvalue weighted by Crippen LogP contribution is 2.26. The molecular formula is C46H64N10O10S. The molecule has 0 saturated carbocycles. The maximum atomic E-state index is 12.9. The maximum absolute atomic E-state index is 12.9. The number of para-hydroxylation sites is 2. The van der Waals surface area contributed by atoms with Gasteiger partial charge < -0.3 is 51.3 Å². The molecule has 2 aromatic heterocycles. The van der Waals surface area contributed by atoms with Crippen molar-refractivity contribution in [3.8, 4) is 11.5 Å². The zero-order valence-corrected chi connectivity index (χ0v) is 40.5. The van der Waals surface area contributed by atoms with Gasteiger partial charge in [-0.05, 0) is 91.5 Å². The number of hydrogen-bond acceptors (Lipinski definition) is 18. The second-order valence-corrected chi connectivity index (χ2v) is 19.8. The number of ketones is 2. The average Bonchev–Trinajstić information content (AvgIpc) is 3.28. The number of amides is 2. The number of nitrogens with two attached hydrogens (primary N) is 3. The molecular weight excluding hydrogens is 885 g/mol. The van der Waals surface area contributed by atoms with Crippen molar-refractivity contribution in [3.63, 3.8) is 0 Å². The van der Waals surface area contributed by atoms with E-state index in [0.717, 1.165) is 38.4 Å². The predicted molar refractivity (Wildman–Crippen MR) is 253 cm³/mol. The predicted octanol–water partition coefficient (Wildman–Crippen LogP) is 5.55. The molecule has 2 amide bonds. The van der Waals surface area contributed by atoms with Crippen molar-refractivity contribution >= 4 is 51.2 Å². The molecule has 2 atom stereocenters. The van der Waals surface area contributed by atoms with Gasteiger partial charge in [-0.3, -0.25) is 9.59 Å². The van der Waals surface area contributed by atoms with Crippen LogP contribution in [0.3, 0.4) is 0 Å². The average molecular weight is 949 g/mol. The molecule has 20 nitrogen and oxygen atoms in total. The molecule has 2 aliphatic rings. The minimum Gasteiger partial charge on any atom is -0.496 e. The third-order valence-electron chi connectivity index (χ3n) is 9.98. The van der Waals surface area contributed by atoms with E-state index in [0.29, 0.717) is 48.2 Å². The number of nitrogens with one attached hydrogen (secondary N) is 1. The Balaban J connectivity index is 0.000000237. The summed E-state index contributed by atoms with van der Waals surface area (Å²) in [5.41, 5.74) is 17.5. The van der Waals surface area contributed by atoms with Crippen molar-refractivity contribution in [2.24, 2.45) is 5.73 Å². The fourth-order valence-electron chi connectivity index (χ4n) is 6.70. The largest absolute Gasteiger partial charge is 0.496 e. The van der Waals surface area contributed by atoms with Gasteiger partial charge >= 0.3 is 12.2 Å². The van der Waals surface area contributed by atoms with Gasteiger partial charge in [-0.15, -0.1) is 0 Å². The molecule has 67 heavy (non-hydrogen) atoms. The van der Waals surface area contributed by atoms with Crippen LogP contribution < -0.4 is 32.0 Å². The number of nitrogens with zero attached hydrogens (tertiary/aromatic N) is 6. The summed E-state index contributed by atoms with van der Waals surface area (Å²) in [7, 11) is -0.628. The Morgan fingerprint density at radius 2 is 1.16 bits per heavy atom. The van der Waals surface area contributed by atoms with Gasteiger partial charge in [-0.2, -0.15) is 4.98 Å². The summed E-state index contributed by atoms with van der Waals surface area (Å²) in [5.74, 6) is 0.157. The molecule has 0 aliphatic carbocycles. The van der Waals surface area contributed by atoms with Crippen molar-refractivity contribution in [1.29, 1.82) is 0 Å². The van der Waals surface area contributed by atoms with Gasteiger partial charge in [-0.1, -0.05) is 31.2 Å². The van der Waals surface area contributed by atoms with Gasteiger partial charge in [0.2, 0.25) is 32.5 Å². The van der Waals surface area contributed by atoms with Crippen molar-refractivity contribution in [1.82, 2.24) is 29.7 Å². The number of carbonyl (C=O) groups is 4. The molecule has 4 heterocycles. The van der Waals surface area contributed by atoms with Crippen molar-refractivity contribution < 1.29 is 46.5 Å². The second-order valence-electron chi connectivity index (χ2n) is 17.6. The summed E-state index contributed by atoms with van der Waals surface area (Å²) in [6.45, 7) is 15.1. The van der Waals surface area contributed by atoms with Gasteiger partial charge in [0, 0.05) is 50.7 Å². The van der Waals surface area contributed by atoms with Gasteiger partial charge in [0.05, 0.1) is 42.2 Å². The Hall–Kier alpha value is -6.61. The van der Waals surface area contributed by atoms with E-state index >= 15 is 0 Å². The fourth-order valence-corrected chi connectivity index (χ4v) is 7.41. The van der Waals surface area contributed by atoms with Gasteiger partial charge in [-0.25, -0.2) is 33.0 Å². The van der Waals surface area contributed by atoms with E-state index in [-0.39, 0.29) is 63.7 Å². The normalized spacial score (nSPS) is 16.2. The van der Waals surface area contributed by atoms with Crippen LogP contribution in [-0.4, -0.2) is 131 Å². The number of anilines is 3. The first-order valence-corrected chi connectivity index (χ1v) is 23.4. The van der Waals surface area contributed by atoms with Crippen LogP contribution in [0.2, 0.25) is 0 Å². The number of methoxy groups -OCH3 is 2. The molecule has 2 fully saturated rings. The zero-order chi connectivity index (χ0) is 49.7. The van der Waals surface area contributed by atoms with E-state index in [9.17, 15) is 27.6 Å². The van der Waals surface area contributed by atoms with Crippen LogP contribution in [0.15, 0.2) is 66.1 Å². The fraction of sp³-hybridized carbons (Fsp3) is 0.478. The lowest BCUT2D eigenvalue weighted by atomic mass is 10.0. The lowest BCUT2D eigenvalue weighted by molar-refractivity contribution is 0.0193. The Labute approximate surface area is 392 Å². The van der Waals surface area contributed by atoms with Crippen LogP contribution in [0, 0.1) is 0 Å². The first-order valence-electron chi connectivity index (χ1n) is 21.8. The van der Waals surface area contributed by atoms with Crippen molar-refractivity contribution in [2.75, 3.05) is 62.9 Å². The Morgan fingerprint density at radius 1 is 0.701 bits per heavy atom. The molecule has 2 aromatic carbocycles. The van der Waals surface area contributed by atoms with Crippen LogP contribution in [-0.2, 0) is 19.3 Å². The zero-order valence-electron chi connectivity index (χ0n) is 39.7. The molecule has 4 aromatic rings. The lowest BCUT2D eigenvalue weighted by Crippen LogP contribution is -2.47. The van der Waals surface area contributed by atoms with Crippen LogP contribution >= 0.6 is 0 Å². The number of hydrogen-bond donors (Lipinski definition) is 4. The number of benzene rings is 2. The van der Waals surface area contributed by atoms with Gasteiger partial charge in [0.1, 0.15) is 34.3 Å². The van der Waals surface area contributed by atoms with E-state index in [1.807, 2.05) is 41.5 Å². The molecule has 2 aliphatic heterocycles. The number of sulfone groups is 1. The van der Waals surface area contributed by atoms with E-state index in [1.54, 1.807) is 58.3 Å². The number of rotatable bonds is 10. The number of ether oxygens (including phenoxy) is 4. The van der Waals surface area contributed by atoms with Crippen LogP contribution in [0.1, 0.15) is 106 Å². The summed E-state index contributed by atoms with van der Waals surface area (Å²) in [5, 5.41) is 2.83. The van der Waals surface area contributed by atoms with Crippen LogP contribution in [0.5, 0.6) is 11.5 Å². The maximum Gasteiger partial charge on any atom is 0.410 e. The first-order chi connectivity index (χ1) is 31.5. The quantitative estimate of drug-likeness (QED) is 0.112. The minimum absolute atomic E-state index is 0.0274. The molecule has 0 radical (unpaired) electrons. The monoisotopic (exact) mass is 948 g/mol. The summed E-state index contributed by atoms with van der Waals surface area (Å²) < 4.78 is 44.5. The molecule has 2 unspecified atom stereocenters. The Morgan fingerprint density at radius 3 is 1.61 bits per heavy atom. The highest BCUT2D eigenvalue weighted by Gasteiger charge is 2.29. The molecule has 7 N–H and O–H groups in total.